The van der Waals surface area contributed by atoms with E-state index in [-0.39, 0.29) is 39.6 Å². The monoisotopic (exact) mass is 505 g/mol. The molecule has 1 saturated heterocycles. The number of hydrogen-bond donors (Lipinski definition) is 0. The van der Waals surface area contributed by atoms with Crippen LogP contribution in [-0.2, 0) is 29.1 Å². The van der Waals surface area contributed by atoms with E-state index < -0.39 is 27.8 Å². The normalized spacial score (nSPS) is 15.5. The van der Waals surface area contributed by atoms with Gasteiger partial charge in [-0.25, -0.2) is 13.2 Å². The van der Waals surface area contributed by atoms with E-state index in [1.165, 1.54) is 30.5 Å². The fourth-order valence-corrected chi connectivity index (χ4v) is 5.42. The van der Waals surface area contributed by atoms with Crippen LogP contribution in [0.25, 0.3) is 0 Å². The van der Waals surface area contributed by atoms with Crippen LogP contribution in [0.3, 0.4) is 0 Å². The van der Waals surface area contributed by atoms with Gasteiger partial charge in [-0.15, -0.1) is 0 Å². The number of imide groups is 1. The van der Waals surface area contributed by atoms with Crippen molar-refractivity contribution in [3.05, 3.63) is 53.5 Å². The molecule has 0 spiro atoms. The molecule has 1 fully saturated rings. The second-order valence-corrected chi connectivity index (χ2v) is 10.9. The SMILES string of the molecule is CCCC(C)(CCC)/C(C)=C/O/C=C(\C)COC(=O)c1ccc(S(=O)(=O)N2C(=O)CCC2=O)cc1. The van der Waals surface area contributed by atoms with E-state index in [1.54, 1.807) is 13.2 Å². The maximum absolute atomic E-state index is 12.6. The Hall–Kier alpha value is -2.94. The van der Waals surface area contributed by atoms with Crippen molar-refractivity contribution in [1.29, 1.82) is 0 Å². The van der Waals surface area contributed by atoms with Crippen molar-refractivity contribution < 1.29 is 32.3 Å². The highest BCUT2D eigenvalue weighted by atomic mass is 32.2. The first-order valence-corrected chi connectivity index (χ1v) is 13.3. The van der Waals surface area contributed by atoms with E-state index >= 15 is 0 Å². The standard InChI is InChI=1S/C26H35NO7S/c1-6-14-26(5,15-7-2)20(4)18-33-16-19(3)17-34-25(30)21-8-10-22(11-9-21)35(31,32)27-23(28)12-13-24(27)29/h8-11,16,18H,6-7,12-15,17H2,1-5H3/b19-16+,20-18+. The van der Waals surface area contributed by atoms with Gasteiger partial charge < -0.3 is 9.47 Å². The molecule has 8 nitrogen and oxygen atoms in total. The number of sulfonamides is 1. The number of ether oxygens (including phenoxy) is 2. The van der Waals surface area contributed by atoms with E-state index in [9.17, 15) is 22.8 Å². The average molecular weight is 506 g/mol. The van der Waals surface area contributed by atoms with Crippen LogP contribution in [0.4, 0.5) is 0 Å². The molecule has 1 heterocycles. The number of carbonyl (C=O) groups is 3. The summed E-state index contributed by atoms with van der Waals surface area (Å²) in [7, 11) is -4.29. The van der Waals surface area contributed by atoms with Crippen molar-refractivity contribution in [3.63, 3.8) is 0 Å². The number of amides is 2. The van der Waals surface area contributed by atoms with E-state index in [0.717, 1.165) is 31.3 Å². The molecule has 1 aliphatic heterocycles. The van der Waals surface area contributed by atoms with Gasteiger partial charge in [0.2, 0.25) is 11.8 Å². The van der Waals surface area contributed by atoms with Gasteiger partial charge in [-0.2, -0.15) is 4.31 Å². The third-order valence-corrected chi connectivity index (χ3v) is 7.89. The largest absolute Gasteiger partial charge is 0.473 e. The molecule has 9 heteroatoms. The molecule has 0 aromatic heterocycles. The van der Waals surface area contributed by atoms with Gasteiger partial charge in [0, 0.05) is 12.8 Å². The number of hydrogen-bond acceptors (Lipinski definition) is 7. The van der Waals surface area contributed by atoms with E-state index in [1.807, 2.05) is 0 Å². The number of nitrogens with zero attached hydrogens (tertiary/aromatic N) is 1. The quantitative estimate of drug-likeness (QED) is 0.221. The highest BCUT2D eigenvalue weighted by Gasteiger charge is 2.39. The van der Waals surface area contributed by atoms with Gasteiger partial charge in [0.25, 0.3) is 10.0 Å². The number of rotatable bonds is 12. The molecule has 0 saturated carbocycles. The summed E-state index contributed by atoms with van der Waals surface area (Å²) in [6, 6.07) is 4.91. The fraction of sp³-hybridized carbons (Fsp3) is 0.500. The summed E-state index contributed by atoms with van der Waals surface area (Å²) in [5, 5.41) is 0. The van der Waals surface area contributed by atoms with Gasteiger partial charge in [0.1, 0.15) is 6.61 Å². The fourth-order valence-electron chi connectivity index (χ4n) is 4.01. The molecule has 0 atom stereocenters. The number of esters is 1. The van der Waals surface area contributed by atoms with Crippen LogP contribution in [0.2, 0.25) is 0 Å². The van der Waals surface area contributed by atoms with Gasteiger partial charge in [-0.05, 0) is 67.5 Å². The second-order valence-electron chi connectivity index (χ2n) is 9.12. The van der Waals surface area contributed by atoms with Crippen LogP contribution in [0, 0.1) is 5.41 Å². The van der Waals surface area contributed by atoms with Gasteiger partial charge in [0.15, 0.2) is 0 Å². The number of carbonyl (C=O) groups excluding carboxylic acids is 3. The molecule has 0 N–H and O–H groups in total. The number of allylic oxidation sites excluding steroid dienone is 1. The highest BCUT2D eigenvalue weighted by Crippen LogP contribution is 2.36. The lowest BCUT2D eigenvalue weighted by Crippen LogP contribution is -2.35. The third-order valence-electron chi connectivity index (χ3n) is 6.13. The van der Waals surface area contributed by atoms with Crippen molar-refractivity contribution in [2.45, 2.75) is 78.0 Å². The molecule has 2 rings (SSSR count). The third kappa shape index (κ3) is 7.04. The lowest BCUT2D eigenvalue weighted by molar-refractivity contribution is -0.132. The van der Waals surface area contributed by atoms with Gasteiger partial charge in [-0.1, -0.05) is 33.6 Å². The van der Waals surface area contributed by atoms with E-state index in [4.69, 9.17) is 9.47 Å². The van der Waals surface area contributed by atoms with Crippen molar-refractivity contribution >= 4 is 27.8 Å². The van der Waals surface area contributed by atoms with Crippen molar-refractivity contribution in [3.8, 4) is 0 Å². The average Bonchev–Trinajstić information content (AvgIpc) is 3.16. The summed E-state index contributed by atoms with van der Waals surface area (Å²) in [6.45, 7) is 10.4. The van der Waals surface area contributed by atoms with Crippen LogP contribution < -0.4 is 0 Å². The highest BCUT2D eigenvalue weighted by molar-refractivity contribution is 7.90. The predicted octanol–water partition coefficient (Wildman–Crippen LogP) is 5.11. The number of benzene rings is 1. The lowest BCUT2D eigenvalue weighted by Gasteiger charge is -2.29. The minimum Gasteiger partial charge on any atom is -0.473 e. The van der Waals surface area contributed by atoms with E-state index in [0.29, 0.717) is 5.57 Å². The van der Waals surface area contributed by atoms with Crippen molar-refractivity contribution in [2.24, 2.45) is 5.41 Å². The lowest BCUT2D eigenvalue weighted by atomic mass is 9.76. The van der Waals surface area contributed by atoms with Crippen LogP contribution in [0.1, 0.15) is 83.5 Å². The van der Waals surface area contributed by atoms with Crippen LogP contribution in [-0.4, -0.2) is 37.1 Å². The summed E-state index contributed by atoms with van der Waals surface area (Å²) < 4.78 is 36.3. The molecule has 0 radical (unpaired) electrons. The molecule has 35 heavy (non-hydrogen) atoms. The second kappa shape index (κ2) is 12.2. The first kappa shape index (κ1) is 28.3. The van der Waals surface area contributed by atoms with Gasteiger partial charge in [0.05, 0.1) is 23.0 Å². The van der Waals surface area contributed by atoms with Gasteiger partial charge >= 0.3 is 5.97 Å². The van der Waals surface area contributed by atoms with Crippen LogP contribution in [0.5, 0.6) is 0 Å². The Labute approximate surface area is 208 Å². The Bertz CT molecular complexity index is 1080. The Morgan fingerprint density at radius 2 is 1.54 bits per heavy atom. The Morgan fingerprint density at radius 3 is 2.06 bits per heavy atom. The molecule has 2 amide bonds. The first-order valence-electron chi connectivity index (χ1n) is 11.8. The molecule has 0 bridgehead atoms. The van der Waals surface area contributed by atoms with Gasteiger partial charge in [-0.3, -0.25) is 9.59 Å². The topological polar surface area (TPSA) is 107 Å². The zero-order chi connectivity index (χ0) is 26.2. The summed E-state index contributed by atoms with van der Waals surface area (Å²) in [5.41, 5.74) is 2.09. The molecule has 192 valence electrons. The minimum absolute atomic E-state index is 0.00371. The zero-order valence-corrected chi connectivity index (χ0v) is 21.9. The Balaban J connectivity index is 1.97. The van der Waals surface area contributed by atoms with Crippen LogP contribution >= 0.6 is 0 Å². The molecule has 0 unspecified atom stereocenters. The predicted molar refractivity (Wildman–Crippen MR) is 132 cm³/mol. The van der Waals surface area contributed by atoms with Crippen LogP contribution in [0.15, 0.2) is 52.8 Å². The molecular weight excluding hydrogens is 470 g/mol. The molecule has 1 aliphatic rings. The maximum Gasteiger partial charge on any atom is 0.338 e. The molecule has 1 aromatic carbocycles. The molecule has 0 aliphatic carbocycles. The summed E-state index contributed by atoms with van der Waals surface area (Å²) in [6.07, 6.45) is 7.36. The van der Waals surface area contributed by atoms with E-state index in [2.05, 4.69) is 27.7 Å². The summed E-state index contributed by atoms with van der Waals surface area (Å²) in [5.74, 6) is -2.15. The smallest absolute Gasteiger partial charge is 0.338 e. The zero-order valence-electron chi connectivity index (χ0n) is 21.1. The maximum atomic E-state index is 12.6. The summed E-state index contributed by atoms with van der Waals surface area (Å²) >= 11 is 0. The summed E-state index contributed by atoms with van der Waals surface area (Å²) in [4.78, 5) is 35.7. The Kier molecular flexibility index (Phi) is 9.82. The van der Waals surface area contributed by atoms with Crippen molar-refractivity contribution in [1.82, 2.24) is 4.31 Å². The minimum atomic E-state index is -4.29. The molecule has 1 aromatic rings. The van der Waals surface area contributed by atoms with Crippen molar-refractivity contribution in [2.75, 3.05) is 6.61 Å². The first-order chi connectivity index (χ1) is 16.5. The molecular formula is C26H35NO7S. The Morgan fingerprint density at radius 1 is 1.00 bits per heavy atom.